The van der Waals surface area contributed by atoms with Gasteiger partial charge in [0.1, 0.15) is 12.4 Å². The lowest BCUT2D eigenvalue weighted by atomic mass is 10.1. The number of alkyl halides is 3. The lowest BCUT2D eigenvalue weighted by molar-refractivity contribution is -0.173. The van der Waals surface area contributed by atoms with Gasteiger partial charge in [0.25, 0.3) is 5.91 Å². The first-order chi connectivity index (χ1) is 9.33. The van der Waals surface area contributed by atoms with E-state index < -0.39 is 18.7 Å². The molecule has 1 rings (SSSR count). The Balaban J connectivity index is 2.40. The van der Waals surface area contributed by atoms with Gasteiger partial charge in [-0.1, -0.05) is 0 Å². The second-order valence-electron chi connectivity index (χ2n) is 3.88. The molecule has 0 atom stereocenters. The molecule has 0 bridgehead atoms. The molecular weight excluding hydrogens is 277 g/mol. The third kappa shape index (κ3) is 5.35. The molecule has 0 aliphatic carbocycles. The van der Waals surface area contributed by atoms with Crippen LogP contribution in [0, 0.1) is 0 Å². The zero-order valence-corrected chi connectivity index (χ0v) is 10.8. The Bertz CT molecular complexity index is 464. The molecule has 20 heavy (non-hydrogen) atoms. The highest BCUT2D eigenvalue weighted by Gasteiger charge is 2.27. The number of halogens is 3. The van der Waals surface area contributed by atoms with Gasteiger partial charge in [-0.15, -0.1) is 0 Å². The minimum Gasteiger partial charge on any atom is -0.497 e. The van der Waals surface area contributed by atoms with Crippen molar-refractivity contribution in [3.05, 3.63) is 23.8 Å². The van der Waals surface area contributed by atoms with Crippen LogP contribution in [-0.2, 0) is 4.74 Å². The summed E-state index contributed by atoms with van der Waals surface area (Å²) in [7, 11) is 1.46. The highest BCUT2D eigenvalue weighted by molar-refractivity contribution is 5.99. The van der Waals surface area contributed by atoms with E-state index in [0.717, 1.165) is 0 Å². The Morgan fingerprint density at radius 2 is 2.10 bits per heavy atom. The van der Waals surface area contributed by atoms with Gasteiger partial charge in [-0.2, -0.15) is 13.2 Å². The molecule has 0 heterocycles. The van der Waals surface area contributed by atoms with Crippen LogP contribution in [-0.4, -0.2) is 39.0 Å². The second kappa shape index (κ2) is 6.99. The number of rotatable bonds is 6. The van der Waals surface area contributed by atoms with Crippen molar-refractivity contribution in [3.8, 4) is 5.75 Å². The summed E-state index contributed by atoms with van der Waals surface area (Å²) in [5.41, 5.74) is 6.11. The van der Waals surface area contributed by atoms with E-state index in [1.807, 2.05) is 0 Å². The quantitative estimate of drug-likeness (QED) is 0.617. The molecule has 0 unspecified atom stereocenters. The average molecular weight is 292 g/mol. The molecule has 0 fully saturated rings. The van der Waals surface area contributed by atoms with Crippen molar-refractivity contribution in [1.29, 1.82) is 0 Å². The number of carbonyl (C=O) groups excluding carboxylic acids is 1. The highest BCUT2D eigenvalue weighted by Crippen LogP contribution is 2.19. The zero-order valence-electron chi connectivity index (χ0n) is 10.8. The van der Waals surface area contributed by atoms with E-state index >= 15 is 0 Å². The van der Waals surface area contributed by atoms with E-state index in [4.69, 9.17) is 10.5 Å². The van der Waals surface area contributed by atoms with E-state index in [1.165, 1.54) is 19.2 Å². The lowest BCUT2D eigenvalue weighted by Crippen LogP contribution is -2.29. The predicted molar refractivity (Wildman–Crippen MR) is 66.6 cm³/mol. The summed E-state index contributed by atoms with van der Waals surface area (Å²) in [5.74, 6) is 0.0216. The molecule has 1 aromatic carbocycles. The smallest absolute Gasteiger partial charge is 0.411 e. The van der Waals surface area contributed by atoms with Crippen molar-refractivity contribution in [3.63, 3.8) is 0 Å². The molecule has 1 amide bonds. The summed E-state index contributed by atoms with van der Waals surface area (Å²) in [5, 5.41) is 2.41. The molecule has 0 spiro atoms. The zero-order chi connectivity index (χ0) is 15.2. The molecule has 8 heteroatoms. The van der Waals surface area contributed by atoms with Crippen molar-refractivity contribution < 1.29 is 27.4 Å². The highest BCUT2D eigenvalue weighted by atomic mass is 19.4. The number of nitrogens with two attached hydrogens (primary N) is 1. The maximum Gasteiger partial charge on any atom is 0.411 e. The van der Waals surface area contributed by atoms with Crippen LogP contribution >= 0.6 is 0 Å². The van der Waals surface area contributed by atoms with Crippen molar-refractivity contribution in [2.45, 2.75) is 6.18 Å². The molecule has 5 nitrogen and oxygen atoms in total. The average Bonchev–Trinajstić information content (AvgIpc) is 2.36. The normalized spacial score (nSPS) is 11.2. The van der Waals surface area contributed by atoms with Crippen LogP contribution in [0.2, 0.25) is 0 Å². The van der Waals surface area contributed by atoms with Gasteiger partial charge < -0.3 is 20.5 Å². The van der Waals surface area contributed by atoms with Crippen LogP contribution in [0.25, 0.3) is 0 Å². The molecule has 0 radical (unpaired) electrons. The molecule has 3 N–H and O–H groups in total. The Morgan fingerprint density at radius 3 is 2.65 bits per heavy atom. The summed E-state index contributed by atoms with van der Waals surface area (Å²) in [6.45, 7) is -1.62. The van der Waals surface area contributed by atoms with Gasteiger partial charge >= 0.3 is 6.18 Å². The number of methoxy groups -OCH3 is 1. The van der Waals surface area contributed by atoms with Crippen LogP contribution in [0.15, 0.2) is 18.2 Å². The number of nitrogens with one attached hydrogen (secondary N) is 1. The summed E-state index contributed by atoms with van der Waals surface area (Å²) < 4.78 is 44.7. The van der Waals surface area contributed by atoms with Crippen molar-refractivity contribution >= 4 is 11.6 Å². The first kappa shape index (κ1) is 16.1. The lowest BCUT2D eigenvalue weighted by Gasteiger charge is -2.10. The number of amides is 1. The minimum atomic E-state index is -4.37. The van der Waals surface area contributed by atoms with E-state index in [2.05, 4.69) is 10.1 Å². The molecule has 112 valence electrons. The van der Waals surface area contributed by atoms with E-state index in [9.17, 15) is 18.0 Å². The molecular formula is C12H15F3N2O3. The van der Waals surface area contributed by atoms with Gasteiger partial charge in [0.05, 0.1) is 19.3 Å². The standard InChI is InChI=1S/C12H15F3N2O3/c1-19-8-2-3-9(10(16)6-8)11(18)17-4-5-20-7-12(13,14)15/h2-3,6H,4-5,7,16H2,1H3,(H,17,18). The molecule has 0 aliphatic heterocycles. The Hall–Kier alpha value is -1.96. The number of hydrogen-bond donors (Lipinski definition) is 2. The number of ether oxygens (including phenoxy) is 2. The molecule has 0 aromatic heterocycles. The summed E-state index contributed by atoms with van der Waals surface area (Å²) in [4.78, 5) is 11.7. The van der Waals surface area contributed by atoms with Crippen molar-refractivity contribution in [2.24, 2.45) is 0 Å². The first-order valence-corrected chi connectivity index (χ1v) is 5.69. The van der Waals surface area contributed by atoms with Gasteiger partial charge in [-0.25, -0.2) is 0 Å². The second-order valence-corrected chi connectivity index (χ2v) is 3.88. The topological polar surface area (TPSA) is 73.6 Å². The first-order valence-electron chi connectivity index (χ1n) is 5.69. The van der Waals surface area contributed by atoms with E-state index in [0.29, 0.717) is 5.75 Å². The third-order valence-electron chi connectivity index (χ3n) is 2.30. The summed E-state index contributed by atoms with van der Waals surface area (Å²) in [6, 6.07) is 4.51. The maximum absolute atomic E-state index is 11.8. The van der Waals surface area contributed by atoms with Crippen LogP contribution in [0.5, 0.6) is 5.75 Å². The van der Waals surface area contributed by atoms with E-state index in [-0.39, 0.29) is 24.4 Å². The number of benzene rings is 1. The fourth-order valence-corrected chi connectivity index (χ4v) is 1.39. The fourth-order valence-electron chi connectivity index (χ4n) is 1.39. The largest absolute Gasteiger partial charge is 0.497 e. The Labute approximate surface area is 113 Å². The minimum absolute atomic E-state index is 0.0413. The van der Waals surface area contributed by atoms with Crippen LogP contribution in [0.4, 0.5) is 18.9 Å². The van der Waals surface area contributed by atoms with Gasteiger partial charge in [-0.05, 0) is 12.1 Å². The summed E-state index contributed by atoms with van der Waals surface area (Å²) >= 11 is 0. The van der Waals surface area contributed by atoms with Crippen molar-refractivity contribution in [2.75, 3.05) is 32.6 Å². The van der Waals surface area contributed by atoms with E-state index in [1.54, 1.807) is 6.07 Å². The fraction of sp³-hybridized carbons (Fsp3) is 0.417. The molecule has 0 saturated carbocycles. The Morgan fingerprint density at radius 1 is 1.40 bits per heavy atom. The molecule has 1 aromatic rings. The van der Waals surface area contributed by atoms with Gasteiger partial charge in [0.15, 0.2) is 0 Å². The van der Waals surface area contributed by atoms with Crippen LogP contribution in [0.3, 0.4) is 0 Å². The van der Waals surface area contributed by atoms with Crippen LogP contribution in [0.1, 0.15) is 10.4 Å². The summed E-state index contributed by atoms with van der Waals surface area (Å²) in [6.07, 6.45) is -4.37. The Kier molecular flexibility index (Phi) is 5.63. The number of nitrogen functional groups attached to an aromatic ring is 1. The number of anilines is 1. The monoisotopic (exact) mass is 292 g/mol. The third-order valence-corrected chi connectivity index (χ3v) is 2.30. The van der Waals surface area contributed by atoms with Gasteiger partial charge in [-0.3, -0.25) is 4.79 Å². The van der Waals surface area contributed by atoms with Crippen molar-refractivity contribution in [1.82, 2.24) is 5.32 Å². The maximum atomic E-state index is 11.8. The van der Waals surface area contributed by atoms with Gasteiger partial charge in [0.2, 0.25) is 0 Å². The van der Waals surface area contributed by atoms with Crippen LogP contribution < -0.4 is 15.8 Å². The van der Waals surface area contributed by atoms with Gasteiger partial charge in [0, 0.05) is 18.3 Å². The number of hydrogen-bond acceptors (Lipinski definition) is 4. The number of carbonyl (C=O) groups is 1. The predicted octanol–water partition coefficient (Wildman–Crippen LogP) is 1.59. The SMILES string of the molecule is COc1ccc(C(=O)NCCOCC(F)(F)F)c(N)c1. The molecule has 0 aliphatic rings. The molecule has 0 saturated heterocycles.